The maximum Gasteiger partial charge on any atom is 0.294 e. The zero-order chi connectivity index (χ0) is 8.10. The highest BCUT2D eigenvalue weighted by molar-refractivity contribution is 14.1. The highest BCUT2D eigenvalue weighted by atomic mass is 127. The number of carbonyl (C=O) groups excluding carboxylic acids is 1. The quantitative estimate of drug-likeness (QED) is 0.469. The number of hydrogen-bond donors (Lipinski definition) is 1. The van der Waals surface area contributed by atoms with Crippen molar-refractivity contribution in [2.45, 2.75) is 6.54 Å². The van der Waals surface area contributed by atoms with E-state index in [0.29, 0.717) is 6.54 Å². The second-order valence-corrected chi connectivity index (χ2v) is 2.60. The minimum absolute atomic E-state index is 0.00167. The molecule has 58 valence electrons. The van der Waals surface area contributed by atoms with E-state index in [9.17, 15) is 4.79 Å². The van der Waals surface area contributed by atoms with Crippen molar-refractivity contribution in [3.05, 3.63) is 30.6 Å². The van der Waals surface area contributed by atoms with Gasteiger partial charge < -0.3 is 0 Å². The van der Waals surface area contributed by atoms with Gasteiger partial charge in [-0.2, -0.15) is 4.57 Å². The van der Waals surface area contributed by atoms with Crippen LogP contribution in [0, 0.1) is 0 Å². The molecule has 0 saturated heterocycles. The summed E-state index contributed by atoms with van der Waals surface area (Å²) in [5.41, 5.74) is 0. The predicted molar refractivity (Wildman–Crippen MR) is 48.8 cm³/mol. The predicted octanol–water partition coefficient (Wildman–Crippen LogP) is 0.440. The van der Waals surface area contributed by atoms with Crippen molar-refractivity contribution in [2.75, 3.05) is 0 Å². The van der Waals surface area contributed by atoms with Crippen LogP contribution in [-0.2, 0) is 11.3 Å². The molecule has 0 saturated carbocycles. The Morgan fingerprint density at radius 3 is 2.55 bits per heavy atom. The second-order valence-electron chi connectivity index (χ2n) is 2.07. The van der Waals surface area contributed by atoms with Crippen LogP contribution in [0.4, 0.5) is 0 Å². The van der Waals surface area contributed by atoms with Crippen molar-refractivity contribution in [2.24, 2.45) is 0 Å². The minimum Gasteiger partial charge on any atom is -0.293 e. The molecule has 0 fully saturated rings. The summed E-state index contributed by atoms with van der Waals surface area (Å²) in [4.78, 5) is 10.8. The van der Waals surface area contributed by atoms with E-state index >= 15 is 0 Å². The molecule has 1 aromatic heterocycles. The van der Waals surface area contributed by atoms with Crippen molar-refractivity contribution >= 4 is 28.8 Å². The van der Waals surface area contributed by atoms with E-state index in [4.69, 9.17) is 0 Å². The Hall–Kier alpha value is -0.650. The van der Waals surface area contributed by atoms with Crippen LogP contribution >= 0.6 is 22.9 Å². The molecule has 3 nitrogen and oxygen atoms in total. The zero-order valence-electron chi connectivity index (χ0n) is 5.83. The lowest BCUT2D eigenvalue weighted by Gasteiger charge is -1.92. The second kappa shape index (κ2) is 4.27. The summed E-state index contributed by atoms with van der Waals surface area (Å²) in [6.07, 6.45) is 3.71. The van der Waals surface area contributed by atoms with E-state index < -0.39 is 0 Å². The van der Waals surface area contributed by atoms with E-state index in [-0.39, 0.29) is 5.91 Å². The maximum atomic E-state index is 10.8. The topological polar surface area (TPSA) is 33.0 Å². The van der Waals surface area contributed by atoms with E-state index in [1.165, 1.54) is 0 Å². The fourth-order valence-corrected chi connectivity index (χ4v) is 0.906. The lowest BCUT2D eigenvalue weighted by atomic mass is 10.5. The molecule has 0 bridgehead atoms. The Balaban J connectivity index is 2.58. The van der Waals surface area contributed by atoms with Crippen LogP contribution in [0.1, 0.15) is 0 Å². The highest BCUT2D eigenvalue weighted by Gasteiger charge is 2.04. The SMILES string of the molecule is O=C(C[n+]1ccccc1)NI. The summed E-state index contributed by atoms with van der Waals surface area (Å²) >= 11 is 1.83. The third kappa shape index (κ3) is 2.83. The molecule has 0 radical (unpaired) electrons. The first-order chi connectivity index (χ1) is 5.33. The number of pyridine rings is 1. The number of amides is 1. The number of rotatable bonds is 2. The van der Waals surface area contributed by atoms with Crippen LogP contribution in [0.5, 0.6) is 0 Å². The lowest BCUT2D eigenvalue weighted by molar-refractivity contribution is -0.684. The average molecular weight is 263 g/mol. The summed E-state index contributed by atoms with van der Waals surface area (Å²) in [6.45, 7) is 0.379. The van der Waals surface area contributed by atoms with Crippen LogP contribution in [0.3, 0.4) is 0 Å². The molecule has 1 amide bonds. The molecule has 1 aromatic rings. The molecule has 0 aliphatic carbocycles. The van der Waals surface area contributed by atoms with Gasteiger partial charge in [-0.1, -0.05) is 6.07 Å². The van der Waals surface area contributed by atoms with Gasteiger partial charge in [0, 0.05) is 12.1 Å². The Morgan fingerprint density at radius 1 is 1.36 bits per heavy atom. The molecule has 0 aliphatic rings. The number of halogens is 1. The maximum absolute atomic E-state index is 10.8. The van der Waals surface area contributed by atoms with E-state index in [0.717, 1.165) is 0 Å². The van der Waals surface area contributed by atoms with Gasteiger partial charge in [-0.25, -0.2) is 0 Å². The molecule has 4 heteroatoms. The Kier molecular flexibility index (Phi) is 3.28. The van der Waals surface area contributed by atoms with Gasteiger partial charge in [0.05, 0.1) is 22.9 Å². The van der Waals surface area contributed by atoms with Gasteiger partial charge in [0.1, 0.15) is 0 Å². The number of carbonyl (C=O) groups is 1. The molecule has 1 N–H and O–H groups in total. The summed E-state index contributed by atoms with van der Waals surface area (Å²) < 4.78 is 4.34. The van der Waals surface area contributed by atoms with E-state index in [1.54, 1.807) is 0 Å². The van der Waals surface area contributed by atoms with Gasteiger partial charge in [0.15, 0.2) is 12.4 Å². The first-order valence-corrected chi connectivity index (χ1v) is 4.24. The molecule has 0 spiro atoms. The molecule has 0 aliphatic heterocycles. The monoisotopic (exact) mass is 263 g/mol. The summed E-state index contributed by atoms with van der Waals surface area (Å²) in [5, 5.41) is 0. The van der Waals surface area contributed by atoms with Crippen molar-refractivity contribution in [3.63, 3.8) is 0 Å². The number of nitrogens with one attached hydrogen (secondary N) is 1. The number of aromatic nitrogens is 1. The lowest BCUT2D eigenvalue weighted by Crippen LogP contribution is -2.39. The van der Waals surface area contributed by atoms with Gasteiger partial charge in [-0.3, -0.25) is 8.32 Å². The van der Waals surface area contributed by atoms with Crippen molar-refractivity contribution in [1.29, 1.82) is 0 Å². The highest BCUT2D eigenvalue weighted by Crippen LogP contribution is 1.78. The third-order valence-electron chi connectivity index (χ3n) is 1.21. The fraction of sp³-hybridized carbons (Fsp3) is 0.143. The average Bonchev–Trinajstić information content (AvgIpc) is 2.06. The van der Waals surface area contributed by atoms with E-state index in [2.05, 4.69) is 3.53 Å². The van der Waals surface area contributed by atoms with E-state index in [1.807, 2.05) is 58.0 Å². The molecule has 0 aromatic carbocycles. The summed E-state index contributed by atoms with van der Waals surface area (Å²) in [7, 11) is 0. The van der Waals surface area contributed by atoms with Crippen molar-refractivity contribution in [1.82, 2.24) is 3.53 Å². The van der Waals surface area contributed by atoms with Gasteiger partial charge in [0.25, 0.3) is 5.91 Å². The van der Waals surface area contributed by atoms with Crippen LogP contribution in [0.15, 0.2) is 30.6 Å². The van der Waals surface area contributed by atoms with Gasteiger partial charge >= 0.3 is 0 Å². The molecule has 0 atom stereocenters. The molecule has 1 heterocycles. The molecule has 11 heavy (non-hydrogen) atoms. The molecule has 1 rings (SSSR count). The number of nitrogens with zero attached hydrogens (tertiary/aromatic N) is 1. The summed E-state index contributed by atoms with van der Waals surface area (Å²) in [6, 6.07) is 5.69. The number of hydrogen-bond acceptors (Lipinski definition) is 1. The van der Waals surface area contributed by atoms with Crippen LogP contribution in [0.25, 0.3) is 0 Å². The summed E-state index contributed by atoms with van der Waals surface area (Å²) in [5.74, 6) is 0.00167. The van der Waals surface area contributed by atoms with Gasteiger partial charge in [-0.05, 0) is 0 Å². The van der Waals surface area contributed by atoms with Crippen molar-refractivity contribution in [3.8, 4) is 0 Å². The smallest absolute Gasteiger partial charge is 0.293 e. The van der Waals surface area contributed by atoms with Crippen LogP contribution < -0.4 is 8.10 Å². The molecular formula is C7H8IN2O+. The van der Waals surface area contributed by atoms with Crippen LogP contribution in [0.2, 0.25) is 0 Å². The van der Waals surface area contributed by atoms with Gasteiger partial charge in [-0.15, -0.1) is 0 Å². The zero-order valence-corrected chi connectivity index (χ0v) is 7.98. The third-order valence-corrected chi connectivity index (χ3v) is 1.81. The van der Waals surface area contributed by atoms with Gasteiger partial charge in [0.2, 0.25) is 6.54 Å². The Bertz CT molecular complexity index is 237. The first kappa shape index (κ1) is 8.45. The Labute approximate surface area is 78.9 Å². The normalized spacial score (nSPS) is 9.18. The fourth-order valence-electron chi connectivity index (χ4n) is 0.735. The van der Waals surface area contributed by atoms with Crippen molar-refractivity contribution < 1.29 is 9.36 Å². The van der Waals surface area contributed by atoms with Crippen LogP contribution in [-0.4, -0.2) is 5.91 Å². The largest absolute Gasteiger partial charge is 0.294 e. The minimum atomic E-state index is 0.00167. The Morgan fingerprint density at radius 2 is 2.00 bits per heavy atom. The standard InChI is InChI=1S/C7H7IN2O/c8-9-7(11)6-10-4-2-1-3-5-10/h1-5H,6H2/p+1. The molecule has 0 unspecified atom stereocenters. The molecular weight excluding hydrogens is 255 g/mol. The first-order valence-electron chi connectivity index (χ1n) is 3.16.